The van der Waals surface area contributed by atoms with Crippen LogP contribution in [0, 0.1) is 20.8 Å². The molecule has 0 unspecified atom stereocenters. The second-order valence-electron chi connectivity index (χ2n) is 6.20. The molecule has 2 rings (SSSR count). The van der Waals surface area contributed by atoms with Gasteiger partial charge in [0.2, 0.25) is 0 Å². The molecule has 0 aliphatic rings. The van der Waals surface area contributed by atoms with Crippen LogP contribution in [0.5, 0.6) is 0 Å². The Bertz CT molecular complexity index is 682. The average Bonchev–Trinajstić information content (AvgIpc) is 2.95. The Hall–Kier alpha value is -2.30. The number of rotatable bonds is 6. The van der Waals surface area contributed by atoms with E-state index in [9.17, 15) is 4.79 Å². The smallest absolute Gasteiger partial charge is 0.317 e. The number of hydrogen-bond donors (Lipinski definition) is 1. The lowest BCUT2D eigenvalue weighted by Crippen LogP contribution is -2.39. The fourth-order valence-electron chi connectivity index (χ4n) is 3.03. The van der Waals surface area contributed by atoms with Gasteiger partial charge in [-0.05, 0) is 51.3 Å². The van der Waals surface area contributed by atoms with Gasteiger partial charge in [0.05, 0.1) is 6.54 Å². The zero-order valence-corrected chi connectivity index (χ0v) is 15.4. The zero-order chi connectivity index (χ0) is 17.7. The maximum absolute atomic E-state index is 12.1. The van der Waals surface area contributed by atoms with Crippen LogP contribution in [-0.2, 0) is 13.1 Å². The highest BCUT2D eigenvalue weighted by molar-refractivity contribution is 5.73. The van der Waals surface area contributed by atoms with Crippen molar-refractivity contribution < 1.29 is 4.79 Å². The Balaban J connectivity index is 2.20. The van der Waals surface area contributed by atoms with Crippen LogP contribution in [0.15, 0.2) is 24.5 Å². The maximum Gasteiger partial charge on any atom is 0.317 e. The van der Waals surface area contributed by atoms with Crippen LogP contribution >= 0.6 is 0 Å². The predicted molar refractivity (Wildman–Crippen MR) is 97.1 cm³/mol. The summed E-state index contributed by atoms with van der Waals surface area (Å²) in [6.07, 6.45) is 3.79. The molecule has 5 nitrogen and oxygen atoms in total. The van der Waals surface area contributed by atoms with E-state index in [1.807, 2.05) is 20.0 Å². The molecule has 1 aromatic heterocycles. The largest absolute Gasteiger partial charge is 0.338 e. The van der Waals surface area contributed by atoms with Gasteiger partial charge in [-0.1, -0.05) is 17.7 Å². The molecule has 0 aliphatic carbocycles. The molecule has 130 valence electrons. The summed E-state index contributed by atoms with van der Waals surface area (Å²) in [5.74, 6) is 0.905. The van der Waals surface area contributed by atoms with Gasteiger partial charge in [0.25, 0.3) is 0 Å². The second kappa shape index (κ2) is 7.99. The van der Waals surface area contributed by atoms with Crippen molar-refractivity contribution in [3.8, 4) is 0 Å². The first kappa shape index (κ1) is 18.0. The Kier molecular flexibility index (Phi) is 6.01. The molecule has 0 spiro atoms. The van der Waals surface area contributed by atoms with Gasteiger partial charge in [-0.25, -0.2) is 9.78 Å². The van der Waals surface area contributed by atoms with Crippen molar-refractivity contribution in [3.63, 3.8) is 0 Å². The highest BCUT2D eigenvalue weighted by Crippen LogP contribution is 2.18. The molecule has 24 heavy (non-hydrogen) atoms. The third-order valence-electron chi connectivity index (χ3n) is 4.30. The third-order valence-corrected chi connectivity index (χ3v) is 4.30. The Morgan fingerprint density at radius 3 is 2.46 bits per heavy atom. The Morgan fingerprint density at radius 1 is 1.21 bits per heavy atom. The molecule has 5 heteroatoms. The molecule has 0 saturated carbocycles. The third kappa shape index (κ3) is 4.16. The van der Waals surface area contributed by atoms with Gasteiger partial charge in [-0.3, -0.25) is 0 Å². The highest BCUT2D eigenvalue weighted by Gasteiger charge is 2.15. The van der Waals surface area contributed by atoms with E-state index < -0.39 is 0 Å². The van der Waals surface area contributed by atoms with Crippen molar-refractivity contribution in [2.75, 3.05) is 13.1 Å². The first-order chi connectivity index (χ1) is 11.5. The van der Waals surface area contributed by atoms with Gasteiger partial charge in [0.15, 0.2) is 0 Å². The summed E-state index contributed by atoms with van der Waals surface area (Å²) >= 11 is 0. The quantitative estimate of drug-likeness (QED) is 0.883. The van der Waals surface area contributed by atoms with Crippen LogP contribution in [0.3, 0.4) is 0 Å². The van der Waals surface area contributed by atoms with Crippen molar-refractivity contribution in [2.45, 2.75) is 47.7 Å². The first-order valence-corrected chi connectivity index (χ1v) is 8.55. The van der Waals surface area contributed by atoms with Gasteiger partial charge >= 0.3 is 6.03 Å². The number of carbonyl (C=O) groups excluding carboxylic acids is 1. The highest BCUT2D eigenvalue weighted by atomic mass is 16.2. The van der Waals surface area contributed by atoms with Crippen molar-refractivity contribution in [3.05, 3.63) is 52.6 Å². The molecule has 0 radical (unpaired) electrons. The zero-order valence-electron chi connectivity index (χ0n) is 15.4. The first-order valence-electron chi connectivity index (χ1n) is 8.55. The van der Waals surface area contributed by atoms with E-state index in [4.69, 9.17) is 0 Å². The van der Waals surface area contributed by atoms with Crippen LogP contribution in [-0.4, -0.2) is 33.6 Å². The van der Waals surface area contributed by atoms with E-state index in [0.717, 1.165) is 12.4 Å². The van der Waals surface area contributed by atoms with Crippen LogP contribution in [0.4, 0.5) is 4.79 Å². The van der Waals surface area contributed by atoms with Gasteiger partial charge in [-0.2, -0.15) is 0 Å². The number of imidazole rings is 1. The van der Waals surface area contributed by atoms with Crippen molar-refractivity contribution in [2.24, 2.45) is 0 Å². The van der Waals surface area contributed by atoms with E-state index >= 15 is 0 Å². The summed E-state index contributed by atoms with van der Waals surface area (Å²) in [5, 5.41) is 2.85. The fraction of sp³-hybridized carbons (Fsp3) is 0.474. The number of hydrogen-bond acceptors (Lipinski definition) is 2. The molecule has 1 heterocycles. The number of carbonyl (C=O) groups is 1. The Morgan fingerprint density at radius 2 is 1.88 bits per heavy atom. The SMILES string of the molecule is CCNC(=O)N(CC)Cc1nccn1Cc1c(C)cc(C)cc1C. The summed E-state index contributed by atoms with van der Waals surface area (Å²) in [7, 11) is 0. The number of nitrogens with zero attached hydrogens (tertiary/aromatic N) is 3. The van der Waals surface area contributed by atoms with Crippen LogP contribution < -0.4 is 5.32 Å². The van der Waals surface area contributed by atoms with E-state index in [1.165, 1.54) is 22.3 Å². The van der Waals surface area contributed by atoms with Crippen molar-refractivity contribution >= 4 is 6.03 Å². The number of aryl methyl sites for hydroxylation is 3. The lowest BCUT2D eigenvalue weighted by Gasteiger charge is -2.21. The number of benzene rings is 1. The van der Waals surface area contributed by atoms with Crippen molar-refractivity contribution in [1.29, 1.82) is 0 Å². The molecule has 2 amide bonds. The number of aromatic nitrogens is 2. The number of nitrogens with one attached hydrogen (secondary N) is 1. The Labute approximate surface area is 144 Å². The van der Waals surface area contributed by atoms with Crippen LogP contribution in [0.1, 0.15) is 41.9 Å². The minimum absolute atomic E-state index is 0.0442. The second-order valence-corrected chi connectivity index (χ2v) is 6.20. The minimum atomic E-state index is -0.0442. The molecule has 0 bridgehead atoms. The van der Waals surface area contributed by atoms with Gasteiger partial charge in [0, 0.05) is 32.0 Å². The lowest BCUT2D eigenvalue weighted by molar-refractivity contribution is 0.196. The molecule has 1 N–H and O–H groups in total. The molecule has 0 atom stereocenters. The molecular weight excluding hydrogens is 300 g/mol. The molecule has 2 aromatic rings. The van der Waals surface area contributed by atoms with Gasteiger partial charge < -0.3 is 14.8 Å². The van der Waals surface area contributed by atoms with Gasteiger partial charge in [-0.15, -0.1) is 0 Å². The predicted octanol–water partition coefficient (Wildman–Crippen LogP) is 3.41. The van der Waals surface area contributed by atoms with Crippen molar-refractivity contribution in [1.82, 2.24) is 19.8 Å². The molecule has 0 saturated heterocycles. The molecule has 1 aromatic carbocycles. The van der Waals surface area contributed by atoms with Gasteiger partial charge in [0.1, 0.15) is 5.82 Å². The van der Waals surface area contributed by atoms with E-state index in [0.29, 0.717) is 19.6 Å². The topological polar surface area (TPSA) is 50.2 Å². The number of urea groups is 1. The van der Waals surface area contributed by atoms with E-state index in [-0.39, 0.29) is 6.03 Å². The molecular formula is C19H28N4O. The molecule has 0 aliphatic heterocycles. The summed E-state index contributed by atoms with van der Waals surface area (Å²) in [6, 6.07) is 4.38. The average molecular weight is 328 g/mol. The summed E-state index contributed by atoms with van der Waals surface area (Å²) < 4.78 is 2.13. The monoisotopic (exact) mass is 328 g/mol. The van der Waals surface area contributed by atoms with Crippen LogP contribution in [0.2, 0.25) is 0 Å². The lowest BCUT2D eigenvalue weighted by atomic mass is 10.00. The standard InChI is InChI=1S/C19H28N4O/c1-6-20-19(24)22(7-2)13-18-21-8-9-23(18)12-17-15(4)10-14(3)11-16(17)5/h8-11H,6-7,12-13H2,1-5H3,(H,20,24). The number of amides is 2. The summed E-state index contributed by atoms with van der Waals surface area (Å²) in [4.78, 5) is 18.3. The summed E-state index contributed by atoms with van der Waals surface area (Å²) in [6.45, 7) is 12.9. The minimum Gasteiger partial charge on any atom is -0.338 e. The maximum atomic E-state index is 12.1. The fourth-order valence-corrected chi connectivity index (χ4v) is 3.03. The normalized spacial score (nSPS) is 10.7. The van der Waals surface area contributed by atoms with E-state index in [2.05, 4.69) is 47.8 Å². The van der Waals surface area contributed by atoms with E-state index in [1.54, 1.807) is 11.1 Å². The van der Waals surface area contributed by atoms with Crippen LogP contribution in [0.25, 0.3) is 0 Å². The summed E-state index contributed by atoms with van der Waals surface area (Å²) in [5.41, 5.74) is 5.19. The molecule has 0 fully saturated rings.